The number of carboxylic acids is 1. The second-order valence-corrected chi connectivity index (χ2v) is 3.14. The summed E-state index contributed by atoms with van der Waals surface area (Å²) >= 11 is 3.23. The molecule has 0 radical (unpaired) electrons. The Bertz CT molecular complexity index is 304. The summed E-state index contributed by atoms with van der Waals surface area (Å²) in [6.45, 7) is 1.77. The van der Waals surface area contributed by atoms with Crippen LogP contribution in [-0.2, 0) is 7.05 Å². The number of nitrogens with zero attached hydrogens (tertiary/aromatic N) is 1. The number of rotatable bonds is 1. The first-order valence-corrected chi connectivity index (χ1v) is 3.88. The highest BCUT2D eigenvalue weighted by atomic mass is 79.9. The van der Waals surface area contributed by atoms with E-state index in [1.807, 2.05) is 7.05 Å². The van der Waals surface area contributed by atoms with Crippen LogP contribution in [0.15, 0.2) is 10.7 Å². The van der Waals surface area contributed by atoms with Crippen molar-refractivity contribution >= 4 is 21.9 Å². The third kappa shape index (κ3) is 1.30. The molecule has 60 valence electrons. The highest BCUT2D eigenvalue weighted by Gasteiger charge is 2.12. The van der Waals surface area contributed by atoms with E-state index in [2.05, 4.69) is 15.9 Å². The second-order valence-electron chi connectivity index (χ2n) is 2.33. The minimum atomic E-state index is -0.885. The van der Waals surface area contributed by atoms with Crippen LogP contribution in [0.25, 0.3) is 0 Å². The molecule has 3 nitrogen and oxygen atoms in total. The molecule has 0 saturated carbocycles. The molecule has 0 spiro atoms. The van der Waals surface area contributed by atoms with E-state index < -0.39 is 5.97 Å². The molecular weight excluding hydrogens is 210 g/mol. The van der Waals surface area contributed by atoms with E-state index >= 15 is 0 Å². The lowest BCUT2D eigenvalue weighted by molar-refractivity contribution is 0.0696. The Balaban J connectivity index is 3.29. The zero-order chi connectivity index (χ0) is 8.59. The Kier molecular flexibility index (Phi) is 2.04. The van der Waals surface area contributed by atoms with Crippen LogP contribution in [0.2, 0.25) is 0 Å². The third-order valence-corrected chi connectivity index (χ3v) is 2.47. The fourth-order valence-electron chi connectivity index (χ4n) is 0.878. The quantitative estimate of drug-likeness (QED) is 0.780. The van der Waals surface area contributed by atoms with Crippen LogP contribution >= 0.6 is 15.9 Å². The molecule has 11 heavy (non-hydrogen) atoms. The molecule has 4 heteroatoms. The van der Waals surface area contributed by atoms with Crippen molar-refractivity contribution in [1.82, 2.24) is 4.57 Å². The smallest absolute Gasteiger partial charge is 0.337 e. The van der Waals surface area contributed by atoms with Crippen molar-refractivity contribution < 1.29 is 9.90 Å². The summed E-state index contributed by atoms with van der Waals surface area (Å²) in [6.07, 6.45) is 0. The minimum absolute atomic E-state index is 0.347. The lowest BCUT2D eigenvalue weighted by Gasteiger charge is -1.97. The van der Waals surface area contributed by atoms with Crippen LogP contribution < -0.4 is 0 Å². The Labute approximate surface area is 72.8 Å². The predicted molar refractivity (Wildman–Crippen MR) is 44.8 cm³/mol. The first-order chi connectivity index (χ1) is 5.04. The molecule has 0 atom stereocenters. The maximum atomic E-state index is 10.6. The van der Waals surface area contributed by atoms with Crippen molar-refractivity contribution in [3.63, 3.8) is 0 Å². The highest BCUT2D eigenvalue weighted by Crippen LogP contribution is 2.18. The van der Waals surface area contributed by atoms with Crippen LogP contribution in [0.5, 0.6) is 0 Å². The van der Waals surface area contributed by atoms with E-state index in [0.29, 0.717) is 5.56 Å². The number of halogens is 1. The van der Waals surface area contributed by atoms with E-state index in [-0.39, 0.29) is 0 Å². The molecule has 1 aromatic heterocycles. The lowest BCUT2D eigenvalue weighted by atomic mass is 10.3. The number of hydrogen-bond donors (Lipinski definition) is 1. The van der Waals surface area contributed by atoms with Gasteiger partial charge in [-0.3, -0.25) is 0 Å². The predicted octanol–water partition coefficient (Wildman–Crippen LogP) is 1.79. The topological polar surface area (TPSA) is 42.2 Å². The van der Waals surface area contributed by atoms with Crippen LogP contribution in [0.1, 0.15) is 16.1 Å². The van der Waals surface area contributed by atoms with Crippen LogP contribution in [0.4, 0.5) is 0 Å². The Hall–Kier alpha value is -0.770. The molecule has 0 amide bonds. The van der Waals surface area contributed by atoms with Crippen molar-refractivity contribution in [2.24, 2.45) is 7.05 Å². The van der Waals surface area contributed by atoms with Gasteiger partial charge < -0.3 is 9.67 Å². The summed E-state index contributed by atoms with van der Waals surface area (Å²) in [6, 6.07) is 1.59. The SMILES string of the molecule is Cc1c(C(=O)O)cc(Br)n1C. The van der Waals surface area contributed by atoms with Gasteiger partial charge in [-0.1, -0.05) is 0 Å². The lowest BCUT2D eigenvalue weighted by Crippen LogP contribution is -1.99. The second kappa shape index (κ2) is 2.70. The van der Waals surface area contributed by atoms with Gasteiger partial charge in [-0.05, 0) is 28.9 Å². The molecule has 0 saturated heterocycles. The highest BCUT2D eigenvalue weighted by molar-refractivity contribution is 9.10. The number of carbonyl (C=O) groups is 1. The van der Waals surface area contributed by atoms with Gasteiger partial charge in [-0.15, -0.1) is 0 Å². The summed E-state index contributed by atoms with van der Waals surface area (Å²) in [5.41, 5.74) is 1.10. The van der Waals surface area contributed by atoms with E-state index in [9.17, 15) is 4.79 Å². The molecule has 0 aliphatic rings. The van der Waals surface area contributed by atoms with Gasteiger partial charge in [0.05, 0.1) is 10.2 Å². The number of carboxylic acid groups (broad SMARTS) is 1. The van der Waals surface area contributed by atoms with Crippen molar-refractivity contribution in [3.8, 4) is 0 Å². The zero-order valence-electron chi connectivity index (χ0n) is 6.26. The van der Waals surface area contributed by atoms with Crippen LogP contribution in [-0.4, -0.2) is 15.6 Å². The molecule has 1 rings (SSSR count). The monoisotopic (exact) mass is 217 g/mol. The van der Waals surface area contributed by atoms with Gasteiger partial charge in [0.25, 0.3) is 0 Å². The average molecular weight is 218 g/mol. The summed E-state index contributed by atoms with van der Waals surface area (Å²) in [5, 5.41) is 8.67. The van der Waals surface area contributed by atoms with Gasteiger partial charge in [-0.2, -0.15) is 0 Å². The summed E-state index contributed by atoms with van der Waals surface area (Å²) < 4.78 is 2.57. The molecule has 0 bridgehead atoms. The normalized spacial score (nSPS) is 10.1. The molecule has 1 N–H and O–H groups in total. The van der Waals surface area contributed by atoms with E-state index in [0.717, 1.165) is 10.3 Å². The third-order valence-electron chi connectivity index (χ3n) is 1.71. The van der Waals surface area contributed by atoms with E-state index in [1.54, 1.807) is 17.6 Å². The number of aromatic nitrogens is 1. The Morgan fingerprint density at radius 1 is 1.73 bits per heavy atom. The van der Waals surface area contributed by atoms with E-state index in [1.165, 1.54) is 0 Å². The molecule has 0 aliphatic heterocycles. The summed E-state index contributed by atoms with van der Waals surface area (Å²) in [4.78, 5) is 10.6. The van der Waals surface area contributed by atoms with Gasteiger partial charge in [-0.25, -0.2) is 4.79 Å². The Morgan fingerprint density at radius 2 is 2.27 bits per heavy atom. The summed E-state index contributed by atoms with van der Waals surface area (Å²) in [7, 11) is 1.81. The minimum Gasteiger partial charge on any atom is -0.478 e. The summed E-state index contributed by atoms with van der Waals surface area (Å²) in [5.74, 6) is -0.885. The number of hydrogen-bond acceptors (Lipinski definition) is 1. The molecule has 0 aliphatic carbocycles. The average Bonchev–Trinajstić information content (AvgIpc) is 2.17. The molecule has 1 aromatic rings. The van der Waals surface area contributed by atoms with Crippen molar-refractivity contribution in [2.75, 3.05) is 0 Å². The van der Waals surface area contributed by atoms with Crippen LogP contribution in [0, 0.1) is 6.92 Å². The fraction of sp³-hybridized carbons (Fsp3) is 0.286. The van der Waals surface area contributed by atoms with Gasteiger partial charge in [0, 0.05) is 12.7 Å². The molecule has 0 aromatic carbocycles. The first kappa shape index (κ1) is 8.33. The van der Waals surface area contributed by atoms with Gasteiger partial charge in [0.1, 0.15) is 0 Å². The molecular formula is C7H8BrNO2. The van der Waals surface area contributed by atoms with Gasteiger partial charge >= 0.3 is 5.97 Å². The maximum Gasteiger partial charge on any atom is 0.337 e. The fourth-order valence-corrected chi connectivity index (χ4v) is 1.37. The Morgan fingerprint density at radius 3 is 2.45 bits per heavy atom. The maximum absolute atomic E-state index is 10.6. The first-order valence-electron chi connectivity index (χ1n) is 3.09. The van der Waals surface area contributed by atoms with Crippen LogP contribution in [0.3, 0.4) is 0 Å². The molecule has 1 heterocycles. The largest absolute Gasteiger partial charge is 0.478 e. The van der Waals surface area contributed by atoms with Crippen molar-refractivity contribution in [2.45, 2.75) is 6.92 Å². The molecule has 0 fully saturated rings. The standard InChI is InChI=1S/C7H8BrNO2/c1-4-5(7(10)11)3-6(8)9(4)2/h3H,1-2H3,(H,10,11). The van der Waals surface area contributed by atoms with Crippen molar-refractivity contribution in [1.29, 1.82) is 0 Å². The van der Waals surface area contributed by atoms with Crippen molar-refractivity contribution in [3.05, 3.63) is 21.9 Å². The van der Waals surface area contributed by atoms with Gasteiger partial charge in [0.2, 0.25) is 0 Å². The number of aromatic carboxylic acids is 1. The molecule has 0 unspecified atom stereocenters. The van der Waals surface area contributed by atoms with E-state index in [4.69, 9.17) is 5.11 Å². The zero-order valence-corrected chi connectivity index (χ0v) is 7.84. The van der Waals surface area contributed by atoms with Gasteiger partial charge in [0.15, 0.2) is 0 Å².